The molecule has 0 aromatic rings. The van der Waals surface area contributed by atoms with Crippen molar-refractivity contribution in [1.29, 1.82) is 0 Å². The maximum Gasteiger partial charge on any atom is 0.280 e. The first-order chi connectivity index (χ1) is 6.58. The van der Waals surface area contributed by atoms with Gasteiger partial charge >= 0.3 is 0 Å². The van der Waals surface area contributed by atoms with Gasteiger partial charge in [0.05, 0.1) is 6.17 Å². The van der Waals surface area contributed by atoms with Crippen LogP contribution in [0.15, 0.2) is 0 Å². The summed E-state index contributed by atoms with van der Waals surface area (Å²) >= 11 is 0. The molecule has 0 aromatic carbocycles. The van der Waals surface area contributed by atoms with Gasteiger partial charge in [-0.1, -0.05) is 6.92 Å². The number of nitrogens with one attached hydrogen (secondary N) is 1. The largest absolute Gasteiger partial charge is 0.315 e. The minimum absolute atomic E-state index is 0.349. The summed E-state index contributed by atoms with van der Waals surface area (Å²) in [7, 11) is -3.34. The van der Waals surface area contributed by atoms with Gasteiger partial charge in [0.15, 0.2) is 0 Å². The maximum atomic E-state index is 11.7. The normalized spacial score (nSPS) is 25.1. The highest BCUT2D eigenvalue weighted by molar-refractivity contribution is 7.87. The third kappa shape index (κ3) is 2.91. The number of hydrogen-bond acceptors (Lipinski definition) is 3. The van der Waals surface area contributed by atoms with Crippen molar-refractivity contribution in [3.63, 3.8) is 0 Å². The van der Waals surface area contributed by atoms with E-state index in [-0.39, 0.29) is 6.17 Å². The highest BCUT2D eigenvalue weighted by Gasteiger charge is 2.29. The summed E-state index contributed by atoms with van der Waals surface area (Å²) < 4.78 is 27.3. The van der Waals surface area contributed by atoms with Gasteiger partial charge in [-0.3, -0.25) is 0 Å². The van der Waals surface area contributed by atoms with Crippen molar-refractivity contribution >= 4 is 10.2 Å². The van der Waals surface area contributed by atoms with E-state index in [0.717, 1.165) is 25.7 Å². The number of rotatable bonds is 4. The monoisotopic (exact) mass is 221 g/mol. The first-order valence-electron chi connectivity index (χ1n) is 5.10. The van der Waals surface area contributed by atoms with Crippen LogP contribution in [-0.2, 0) is 10.2 Å². The van der Waals surface area contributed by atoms with Crippen molar-refractivity contribution in [3.8, 4) is 0 Å². The van der Waals surface area contributed by atoms with E-state index in [9.17, 15) is 8.42 Å². The zero-order valence-corrected chi connectivity index (χ0v) is 9.39. The van der Waals surface area contributed by atoms with Crippen molar-refractivity contribution < 1.29 is 8.42 Å². The SMILES string of the molecule is CCCNS(=O)(=O)N1CCCCC1N. The van der Waals surface area contributed by atoms with Crippen LogP contribution in [0.2, 0.25) is 0 Å². The average Bonchev–Trinajstić information content (AvgIpc) is 2.15. The van der Waals surface area contributed by atoms with E-state index in [4.69, 9.17) is 5.73 Å². The Morgan fingerprint density at radius 2 is 2.21 bits per heavy atom. The van der Waals surface area contributed by atoms with E-state index in [1.54, 1.807) is 0 Å². The molecule has 1 unspecified atom stereocenters. The van der Waals surface area contributed by atoms with Crippen LogP contribution in [0.4, 0.5) is 0 Å². The summed E-state index contributed by atoms with van der Waals surface area (Å²) in [6.45, 7) is 2.95. The second kappa shape index (κ2) is 5.06. The molecule has 0 amide bonds. The second-order valence-corrected chi connectivity index (χ2v) is 5.28. The Bertz CT molecular complexity index is 266. The maximum absolute atomic E-state index is 11.7. The molecule has 3 N–H and O–H groups in total. The lowest BCUT2D eigenvalue weighted by atomic mass is 10.1. The minimum Gasteiger partial charge on any atom is -0.315 e. The molecule has 0 radical (unpaired) electrons. The fourth-order valence-corrected chi connectivity index (χ4v) is 3.00. The smallest absolute Gasteiger partial charge is 0.280 e. The summed E-state index contributed by atoms with van der Waals surface area (Å²) in [6.07, 6.45) is 3.12. The van der Waals surface area contributed by atoms with E-state index in [2.05, 4.69) is 4.72 Å². The molecule has 1 saturated heterocycles. The summed E-state index contributed by atoms with van der Waals surface area (Å²) in [4.78, 5) is 0. The molecule has 14 heavy (non-hydrogen) atoms. The fraction of sp³-hybridized carbons (Fsp3) is 1.00. The van der Waals surface area contributed by atoms with Gasteiger partial charge in [-0.25, -0.2) is 4.72 Å². The number of nitrogens with zero attached hydrogens (tertiary/aromatic N) is 1. The van der Waals surface area contributed by atoms with Gasteiger partial charge in [0, 0.05) is 13.1 Å². The molecule has 0 saturated carbocycles. The lowest BCUT2D eigenvalue weighted by Crippen LogP contribution is -2.52. The predicted molar refractivity (Wildman–Crippen MR) is 55.7 cm³/mol. The van der Waals surface area contributed by atoms with Crippen molar-refractivity contribution in [2.24, 2.45) is 5.73 Å². The first kappa shape index (κ1) is 11.9. The molecular weight excluding hydrogens is 202 g/mol. The Labute approximate surface area is 85.8 Å². The molecule has 1 aliphatic heterocycles. The minimum atomic E-state index is -3.34. The number of hydrogen-bond donors (Lipinski definition) is 2. The predicted octanol–water partition coefficient (Wildman–Crippen LogP) is 0.00150. The topological polar surface area (TPSA) is 75.4 Å². The number of piperidine rings is 1. The van der Waals surface area contributed by atoms with Gasteiger partial charge in [-0.05, 0) is 25.7 Å². The van der Waals surface area contributed by atoms with E-state index in [1.807, 2.05) is 6.92 Å². The van der Waals surface area contributed by atoms with E-state index < -0.39 is 10.2 Å². The molecule has 1 fully saturated rings. The zero-order chi connectivity index (χ0) is 10.6. The fourth-order valence-electron chi connectivity index (χ4n) is 1.54. The third-order valence-corrected chi connectivity index (χ3v) is 3.98. The summed E-state index contributed by atoms with van der Waals surface area (Å²) in [5.74, 6) is 0. The first-order valence-corrected chi connectivity index (χ1v) is 6.54. The van der Waals surface area contributed by atoms with Crippen LogP contribution >= 0.6 is 0 Å². The Balaban J connectivity index is 2.60. The van der Waals surface area contributed by atoms with Gasteiger partial charge in [-0.2, -0.15) is 12.7 Å². The molecule has 1 aliphatic rings. The standard InChI is InChI=1S/C8H19N3O2S/c1-2-6-10-14(12,13)11-7-4-3-5-8(11)9/h8,10H,2-7,9H2,1H3. The van der Waals surface area contributed by atoms with Crippen LogP contribution in [-0.4, -0.2) is 32.0 Å². The molecule has 5 nitrogen and oxygen atoms in total. The Morgan fingerprint density at radius 1 is 1.50 bits per heavy atom. The second-order valence-electron chi connectivity index (χ2n) is 3.57. The quantitative estimate of drug-likeness (QED) is 0.701. The van der Waals surface area contributed by atoms with Crippen LogP contribution < -0.4 is 10.5 Å². The molecule has 6 heteroatoms. The lowest BCUT2D eigenvalue weighted by molar-refractivity contribution is 0.255. The van der Waals surface area contributed by atoms with Crippen molar-refractivity contribution in [2.45, 2.75) is 38.8 Å². The van der Waals surface area contributed by atoms with Crippen LogP contribution in [0.5, 0.6) is 0 Å². The van der Waals surface area contributed by atoms with Crippen LogP contribution in [0, 0.1) is 0 Å². The van der Waals surface area contributed by atoms with E-state index in [0.29, 0.717) is 13.1 Å². The Kier molecular flexibility index (Phi) is 4.31. The van der Waals surface area contributed by atoms with Gasteiger partial charge in [0.2, 0.25) is 0 Å². The molecule has 0 bridgehead atoms. The summed E-state index contributed by atoms with van der Waals surface area (Å²) in [5.41, 5.74) is 5.74. The average molecular weight is 221 g/mol. The Hall–Kier alpha value is -0.170. The molecular formula is C8H19N3O2S. The molecule has 1 rings (SSSR count). The highest BCUT2D eigenvalue weighted by Crippen LogP contribution is 2.15. The summed E-state index contributed by atoms with van der Waals surface area (Å²) in [6, 6.07) is 0. The van der Waals surface area contributed by atoms with Crippen molar-refractivity contribution in [2.75, 3.05) is 13.1 Å². The van der Waals surface area contributed by atoms with Gasteiger partial charge in [0.25, 0.3) is 10.2 Å². The van der Waals surface area contributed by atoms with Gasteiger partial charge < -0.3 is 5.73 Å². The molecule has 84 valence electrons. The van der Waals surface area contributed by atoms with Gasteiger partial charge in [0.1, 0.15) is 0 Å². The number of nitrogens with two attached hydrogens (primary N) is 1. The van der Waals surface area contributed by atoms with E-state index >= 15 is 0 Å². The molecule has 0 aromatic heterocycles. The van der Waals surface area contributed by atoms with Crippen molar-refractivity contribution in [1.82, 2.24) is 9.03 Å². The molecule has 0 spiro atoms. The van der Waals surface area contributed by atoms with E-state index in [1.165, 1.54) is 4.31 Å². The Morgan fingerprint density at radius 3 is 2.79 bits per heavy atom. The van der Waals surface area contributed by atoms with Crippen LogP contribution in [0.1, 0.15) is 32.6 Å². The van der Waals surface area contributed by atoms with Crippen LogP contribution in [0.25, 0.3) is 0 Å². The molecule has 1 heterocycles. The van der Waals surface area contributed by atoms with Crippen LogP contribution in [0.3, 0.4) is 0 Å². The van der Waals surface area contributed by atoms with Crippen molar-refractivity contribution in [3.05, 3.63) is 0 Å². The zero-order valence-electron chi connectivity index (χ0n) is 8.57. The molecule has 1 atom stereocenters. The molecule has 0 aliphatic carbocycles. The van der Waals surface area contributed by atoms with Gasteiger partial charge in [-0.15, -0.1) is 0 Å². The summed E-state index contributed by atoms with van der Waals surface area (Å²) in [5, 5.41) is 0. The lowest BCUT2D eigenvalue weighted by Gasteiger charge is -2.31. The third-order valence-electron chi connectivity index (χ3n) is 2.34. The highest BCUT2D eigenvalue weighted by atomic mass is 32.2.